The molecule has 0 radical (unpaired) electrons. The number of halogens is 3. The van der Waals surface area contributed by atoms with E-state index in [4.69, 9.17) is 28.2 Å². The van der Waals surface area contributed by atoms with Crippen LogP contribution < -0.4 is 5.32 Å². The summed E-state index contributed by atoms with van der Waals surface area (Å²) in [6.45, 7) is 5.64. The first-order valence-electron chi connectivity index (χ1n) is 9.02. The molecule has 1 N–H and O–H groups in total. The Morgan fingerprint density at radius 1 is 1.30 bits per heavy atom. The number of likely N-dealkylation sites (tertiary alicyclic amines) is 1. The second-order valence-corrected chi connectivity index (χ2v) is 7.52. The molecule has 1 aromatic heterocycles. The highest BCUT2D eigenvalue weighted by Crippen LogP contribution is 2.26. The van der Waals surface area contributed by atoms with Gasteiger partial charge in [-0.2, -0.15) is 5.10 Å². The first kappa shape index (κ1) is 22.3. The summed E-state index contributed by atoms with van der Waals surface area (Å²) < 4.78 is 1.87. The molecule has 3 rings (SSSR count). The van der Waals surface area contributed by atoms with E-state index in [-0.39, 0.29) is 24.0 Å². The van der Waals surface area contributed by atoms with Crippen molar-refractivity contribution in [3.8, 4) is 0 Å². The molecule has 1 aromatic carbocycles. The van der Waals surface area contributed by atoms with Crippen molar-refractivity contribution < 1.29 is 0 Å². The van der Waals surface area contributed by atoms with Crippen molar-refractivity contribution in [2.24, 2.45) is 12.0 Å². The minimum absolute atomic E-state index is 0. The molecule has 1 fully saturated rings. The zero-order valence-electron chi connectivity index (χ0n) is 15.7. The summed E-state index contributed by atoms with van der Waals surface area (Å²) in [5, 5.41) is 9.05. The van der Waals surface area contributed by atoms with Crippen molar-refractivity contribution in [3.05, 3.63) is 51.8 Å². The number of aryl methyl sites for hydroxylation is 1. The van der Waals surface area contributed by atoms with Gasteiger partial charge in [-0.25, -0.2) is 0 Å². The van der Waals surface area contributed by atoms with Crippen molar-refractivity contribution in [2.45, 2.75) is 25.7 Å². The van der Waals surface area contributed by atoms with Crippen LogP contribution >= 0.6 is 47.2 Å². The fourth-order valence-corrected chi connectivity index (χ4v) is 3.92. The molecule has 1 saturated heterocycles. The standard InChI is InChI=1S/C19H25Cl2N5.HI/c1-3-22-19(23-6-4-14-8-17(20)10-18(21)9-14)26-7-5-15(13-26)16-11-24-25(2)12-16;/h8-12,15H,3-7,13H2,1-2H3,(H,22,23);1H. The number of benzene rings is 1. The third kappa shape index (κ3) is 6.26. The molecular weight excluding hydrogens is 496 g/mol. The van der Waals surface area contributed by atoms with Crippen LogP contribution in [0.3, 0.4) is 0 Å². The number of hydrogen-bond donors (Lipinski definition) is 1. The molecule has 2 heterocycles. The minimum atomic E-state index is 0. The van der Waals surface area contributed by atoms with E-state index < -0.39 is 0 Å². The zero-order chi connectivity index (χ0) is 18.5. The average Bonchev–Trinajstić information content (AvgIpc) is 3.22. The molecule has 0 aliphatic carbocycles. The highest BCUT2D eigenvalue weighted by molar-refractivity contribution is 14.0. The molecule has 1 aliphatic rings. The van der Waals surface area contributed by atoms with Gasteiger partial charge < -0.3 is 10.2 Å². The van der Waals surface area contributed by atoms with Gasteiger partial charge in [-0.3, -0.25) is 9.67 Å². The number of aromatic nitrogens is 2. The Bertz CT molecular complexity index is 757. The van der Waals surface area contributed by atoms with Crippen LogP contribution in [-0.2, 0) is 13.5 Å². The number of nitrogens with one attached hydrogen (secondary N) is 1. The largest absolute Gasteiger partial charge is 0.357 e. The lowest BCUT2D eigenvalue weighted by atomic mass is 10.0. The number of hydrogen-bond acceptors (Lipinski definition) is 2. The summed E-state index contributed by atoms with van der Waals surface area (Å²) in [7, 11) is 1.96. The van der Waals surface area contributed by atoms with E-state index >= 15 is 0 Å². The Morgan fingerprint density at radius 3 is 2.67 bits per heavy atom. The molecule has 1 aliphatic heterocycles. The molecule has 5 nitrogen and oxygen atoms in total. The number of nitrogens with zero attached hydrogens (tertiary/aromatic N) is 4. The van der Waals surface area contributed by atoms with Crippen LogP contribution in [0, 0.1) is 0 Å². The Hall–Kier alpha value is -0.990. The first-order valence-corrected chi connectivity index (χ1v) is 9.77. The number of rotatable bonds is 5. The van der Waals surface area contributed by atoms with E-state index in [1.165, 1.54) is 5.56 Å². The molecule has 148 valence electrons. The molecule has 27 heavy (non-hydrogen) atoms. The fourth-order valence-electron chi connectivity index (χ4n) is 3.35. The Kier molecular flexibility index (Phi) is 8.69. The van der Waals surface area contributed by atoms with E-state index in [2.05, 4.69) is 28.4 Å². The number of guanidine groups is 1. The topological polar surface area (TPSA) is 45.5 Å². The lowest BCUT2D eigenvalue weighted by Crippen LogP contribution is -2.40. The van der Waals surface area contributed by atoms with Gasteiger partial charge in [0.15, 0.2) is 5.96 Å². The number of aliphatic imine (C=N–C) groups is 1. The third-order valence-electron chi connectivity index (χ3n) is 4.60. The SMILES string of the molecule is CCNC(=NCCc1cc(Cl)cc(Cl)c1)N1CCC(c2cnn(C)c2)C1.I. The van der Waals surface area contributed by atoms with Crippen molar-refractivity contribution in [1.82, 2.24) is 20.0 Å². The van der Waals surface area contributed by atoms with Crippen LogP contribution in [0.2, 0.25) is 10.0 Å². The van der Waals surface area contributed by atoms with Gasteiger partial charge in [0, 0.05) is 55.4 Å². The van der Waals surface area contributed by atoms with Crippen LogP contribution in [0.15, 0.2) is 35.6 Å². The van der Waals surface area contributed by atoms with E-state index in [1.807, 2.05) is 30.1 Å². The molecule has 0 spiro atoms. The van der Waals surface area contributed by atoms with Crippen molar-refractivity contribution in [1.29, 1.82) is 0 Å². The average molecular weight is 522 g/mol. The van der Waals surface area contributed by atoms with Gasteiger partial charge in [0.25, 0.3) is 0 Å². The smallest absolute Gasteiger partial charge is 0.193 e. The Balaban J connectivity index is 0.00000261. The van der Waals surface area contributed by atoms with Gasteiger partial charge in [-0.15, -0.1) is 24.0 Å². The molecule has 0 bridgehead atoms. The van der Waals surface area contributed by atoms with Gasteiger partial charge >= 0.3 is 0 Å². The quantitative estimate of drug-likeness (QED) is 0.361. The maximum absolute atomic E-state index is 6.07. The molecule has 1 unspecified atom stereocenters. The van der Waals surface area contributed by atoms with Crippen LogP contribution in [0.25, 0.3) is 0 Å². The maximum atomic E-state index is 6.07. The van der Waals surface area contributed by atoms with Crippen LogP contribution in [-0.4, -0.2) is 46.8 Å². The Morgan fingerprint density at radius 2 is 2.04 bits per heavy atom. The summed E-state index contributed by atoms with van der Waals surface area (Å²) in [4.78, 5) is 7.15. The zero-order valence-corrected chi connectivity index (χ0v) is 19.5. The molecule has 8 heteroatoms. The van der Waals surface area contributed by atoms with Crippen LogP contribution in [0.1, 0.15) is 30.4 Å². The van der Waals surface area contributed by atoms with Gasteiger partial charge in [0.05, 0.1) is 6.20 Å². The molecule has 1 atom stereocenters. The monoisotopic (exact) mass is 521 g/mol. The predicted molar refractivity (Wildman–Crippen MR) is 124 cm³/mol. The van der Waals surface area contributed by atoms with Crippen molar-refractivity contribution in [2.75, 3.05) is 26.2 Å². The van der Waals surface area contributed by atoms with Gasteiger partial charge in [0.2, 0.25) is 0 Å². The molecule has 2 aromatic rings. The fraction of sp³-hybridized carbons (Fsp3) is 0.474. The van der Waals surface area contributed by atoms with E-state index in [0.717, 1.165) is 44.0 Å². The summed E-state index contributed by atoms with van der Waals surface area (Å²) in [5.74, 6) is 1.49. The predicted octanol–water partition coefficient (Wildman–Crippen LogP) is 4.34. The third-order valence-corrected chi connectivity index (χ3v) is 5.04. The van der Waals surface area contributed by atoms with E-state index in [1.54, 1.807) is 6.07 Å². The highest BCUT2D eigenvalue weighted by atomic mass is 127. The van der Waals surface area contributed by atoms with Gasteiger partial charge in [-0.05, 0) is 49.1 Å². The highest BCUT2D eigenvalue weighted by Gasteiger charge is 2.26. The van der Waals surface area contributed by atoms with Crippen LogP contribution in [0.5, 0.6) is 0 Å². The maximum Gasteiger partial charge on any atom is 0.193 e. The van der Waals surface area contributed by atoms with E-state index in [9.17, 15) is 0 Å². The van der Waals surface area contributed by atoms with Crippen LogP contribution in [0.4, 0.5) is 0 Å². The lowest BCUT2D eigenvalue weighted by Gasteiger charge is -2.21. The molecular formula is C19H26Cl2IN5. The summed E-state index contributed by atoms with van der Waals surface area (Å²) in [6.07, 6.45) is 6.03. The molecule has 0 saturated carbocycles. The summed E-state index contributed by atoms with van der Waals surface area (Å²) in [5.41, 5.74) is 2.41. The van der Waals surface area contributed by atoms with Crippen molar-refractivity contribution in [3.63, 3.8) is 0 Å². The normalized spacial score (nSPS) is 17.1. The Labute approximate surface area is 188 Å². The minimum Gasteiger partial charge on any atom is -0.357 e. The van der Waals surface area contributed by atoms with Gasteiger partial charge in [0.1, 0.15) is 0 Å². The van der Waals surface area contributed by atoms with Gasteiger partial charge in [-0.1, -0.05) is 23.2 Å². The summed E-state index contributed by atoms with van der Waals surface area (Å²) >= 11 is 12.1. The second kappa shape index (κ2) is 10.5. The lowest BCUT2D eigenvalue weighted by molar-refractivity contribution is 0.486. The first-order chi connectivity index (χ1) is 12.5. The summed E-state index contributed by atoms with van der Waals surface area (Å²) in [6, 6.07) is 5.65. The van der Waals surface area contributed by atoms with E-state index in [0.29, 0.717) is 22.5 Å². The second-order valence-electron chi connectivity index (χ2n) is 6.64. The molecule has 0 amide bonds. The van der Waals surface area contributed by atoms with Crippen molar-refractivity contribution >= 4 is 53.1 Å².